The minimum atomic E-state index is 0.0122. The Morgan fingerprint density at radius 3 is 2.75 bits per heavy atom. The highest BCUT2D eigenvalue weighted by Crippen LogP contribution is 2.31. The van der Waals surface area contributed by atoms with E-state index in [-0.39, 0.29) is 6.04 Å². The van der Waals surface area contributed by atoms with Crippen molar-refractivity contribution in [2.24, 2.45) is 11.7 Å². The third-order valence-corrected chi connectivity index (χ3v) is 3.48. The topological polar surface area (TPSA) is 35.2 Å². The molecular formula is C13H18ClNO. The van der Waals surface area contributed by atoms with E-state index in [1.54, 1.807) is 0 Å². The predicted octanol–water partition coefficient (Wildman–Crippen LogP) is 3.54. The van der Waals surface area contributed by atoms with Crippen LogP contribution in [-0.4, -0.2) is 6.61 Å². The molecule has 0 unspecified atom stereocenters. The van der Waals surface area contributed by atoms with Crippen LogP contribution in [0.15, 0.2) is 18.2 Å². The zero-order chi connectivity index (χ0) is 11.5. The van der Waals surface area contributed by atoms with E-state index in [0.717, 1.165) is 23.8 Å². The number of hydrogen-bond donors (Lipinski definition) is 1. The second-order valence-corrected chi connectivity index (χ2v) is 4.99. The molecule has 0 aliphatic heterocycles. The molecule has 1 fully saturated rings. The van der Waals surface area contributed by atoms with Crippen LogP contribution >= 0.6 is 11.6 Å². The molecule has 2 N–H and O–H groups in total. The molecular weight excluding hydrogens is 222 g/mol. The van der Waals surface area contributed by atoms with Gasteiger partial charge in [0, 0.05) is 6.04 Å². The number of rotatable bonds is 4. The summed E-state index contributed by atoms with van der Waals surface area (Å²) in [6, 6.07) is 5.80. The highest BCUT2D eigenvalue weighted by Gasteiger charge is 2.18. The van der Waals surface area contributed by atoms with Crippen LogP contribution in [0.3, 0.4) is 0 Å². The number of benzene rings is 1. The van der Waals surface area contributed by atoms with E-state index in [9.17, 15) is 0 Å². The minimum Gasteiger partial charge on any atom is -0.492 e. The lowest BCUT2D eigenvalue weighted by Gasteiger charge is -2.25. The van der Waals surface area contributed by atoms with E-state index in [1.807, 2.05) is 25.1 Å². The first kappa shape index (κ1) is 11.7. The van der Waals surface area contributed by atoms with E-state index < -0.39 is 0 Å². The van der Waals surface area contributed by atoms with Crippen molar-refractivity contribution in [2.45, 2.75) is 32.2 Å². The molecule has 1 saturated carbocycles. The fourth-order valence-corrected chi connectivity index (χ4v) is 2.03. The molecule has 2 nitrogen and oxygen atoms in total. The van der Waals surface area contributed by atoms with Gasteiger partial charge in [0.1, 0.15) is 5.75 Å². The molecule has 88 valence electrons. The summed E-state index contributed by atoms with van der Waals surface area (Å²) in [6.07, 6.45) is 3.91. The van der Waals surface area contributed by atoms with Crippen LogP contribution in [0.5, 0.6) is 5.75 Å². The maximum Gasteiger partial charge on any atom is 0.137 e. The summed E-state index contributed by atoms with van der Waals surface area (Å²) in [4.78, 5) is 0. The normalized spacial score (nSPS) is 17.9. The van der Waals surface area contributed by atoms with Crippen molar-refractivity contribution in [3.63, 3.8) is 0 Å². The van der Waals surface area contributed by atoms with Gasteiger partial charge >= 0.3 is 0 Å². The average molecular weight is 240 g/mol. The van der Waals surface area contributed by atoms with Crippen molar-refractivity contribution in [2.75, 3.05) is 6.61 Å². The SMILES string of the molecule is C[C@H](N)c1ccc(OCC2CCC2)c(Cl)c1. The molecule has 1 aliphatic rings. The summed E-state index contributed by atoms with van der Waals surface area (Å²) in [5, 5.41) is 0.661. The van der Waals surface area contributed by atoms with Crippen molar-refractivity contribution in [1.82, 2.24) is 0 Å². The van der Waals surface area contributed by atoms with Crippen LogP contribution in [0.1, 0.15) is 37.8 Å². The van der Waals surface area contributed by atoms with Gasteiger partial charge in [0.15, 0.2) is 0 Å². The Morgan fingerprint density at radius 2 is 2.25 bits per heavy atom. The summed E-state index contributed by atoms with van der Waals surface area (Å²) in [7, 11) is 0. The number of halogens is 1. The lowest BCUT2D eigenvalue weighted by atomic mass is 9.86. The summed E-state index contributed by atoms with van der Waals surface area (Å²) in [5.74, 6) is 1.50. The van der Waals surface area contributed by atoms with Gasteiger partial charge in [-0.15, -0.1) is 0 Å². The molecule has 2 rings (SSSR count). The van der Waals surface area contributed by atoms with Gasteiger partial charge in [-0.3, -0.25) is 0 Å². The molecule has 16 heavy (non-hydrogen) atoms. The monoisotopic (exact) mass is 239 g/mol. The maximum absolute atomic E-state index is 6.14. The largest absolute Gasteiger partial charge is 0.492 e. The second-order valence-electron chi connectivity index (χ2n) is 4.59. The Kier molecular flexibility index (Phi) is 3.72. The van der Waals surface area contributed by atoms with Crippen molar-refractivity contribution in [3.05, 3.63) is 28.8 Å². The van der Waals surface area contributed by atoms with Gasteiger partial charge in [-0.2, -0.15) is 0 Å². The third-order valence-electron chi connectivity index (χ3n) is 3.18. The molecule has 0 saturated heterocycles. The van der Waals surface area contributed by atoms with E-state index in [0.29, 0.717) is 5.02 Å². The van der Waals surface area contributed by atoms with Crippen LogP contribution in [0.25, 0.3) is 0 Å². The average Bonchev–Trinajstić information content (AvgIpc) is 2.17. The molecule has 3 heteroatoms. The standard InChI is InChI=1S/C13H18ClNO/c1-9(15)11-5-6-13(12(14)7-11)16-8-10-3-2-4-10/h5-7,9-10H,2-4,8,15H2,1H3/t9-/m0/s1. The molecule has 0 bridgehead atoms. The Balaban J connectivity index is 1.98. The summed E-state index contributed by atoms with van der Waals surface area (Å²) in [5.41, 5.74) is 6.83. The number of nitrogens with two attached hydrogens (primary N) is 1. The quantitative estimate of drug-likeness (QED) is 0.872. The van der Waals surface area contributed by atoms with Gasteiger partial charge in [-0.1, -0.05) is 24.1 Å². The Labute approximate surface area is 102 Å². The van der Waals surface area contributed by atoms with Crippen LogP contribution in [0.4, 0.5) is 0 Å². The molecule has 0 radical (unpaired) electrons. The molecule has 0 spiro atoms. The molecule has 1 aliphatic carbocycles. The van der Waals surface area contributed by atoms with Crippen LogP contribution < -0.4 is 10.5 Å². The van der Waals surface area contributed by atoms with E-state index in [2.05, 4.69) is 0 Å². The van der Waals surface area contributed by atoms with Gasteiger partial charge in [0.05, 0.1) is 11.6 Å². The number of ether oxygens (including phenoxy) is 1. The zero-order valence-corrected chi connectivity index (χ0v) is 10.3. The first-order chi connectivity index (χ1) is 7.66. The third kappa shape index (κ3) is 2.69. The molecule has 0 heterocycles. The molecule has 1 aromatic rings. The fraction of sp³-hybridized carbons (Fsp3) is 0.538. The zero-order valence-electron chi connectivity index (χ0n) is 9.58. The van der Waals surface area contributed by atoms with Gasteiger partial charge < -0.3 is 10.5 Å². The predicted molar refractivity (Wildman–Crippen MR) is 66.9 cm³/mol. The van der Waals surface area contributed by atoms with Crippen molar-refractivity contribution >= 4 is 11.6 Å². The lowest BCUT2D eigenvalue weighted by Crippen LogP contribution is -2.19. The van der Waals surface area contributed by atoms with Crippen LogP contribution in [0, 0.1) is 5.92 Å². The van der Waals surface area contributed by atoms with Crippen molar-refractivity contribution < 1.29 is 4.74 Å². The van der Waals surface area contributed by atoms with Crippen LogP contribution in [0.2, 0.25) is 5.02 Å². The Bertz CT molecular complexity index is 361. The summed E-state index contributed by atoms with van der Waals surface area (Å²) < 4.78 is 5.70. The Hall–Kier alpha value is -0.730. The summed E-state index contributed by atoms with van der Waals surface area (Å²) >= 11 is 6.14. The maximum atomic E-state index is 6.14. The second kappa shape index (κ2) is 5.07. The van der Waals surface area contributed by atoms with E-state index in [1.165, 1.54) is 19.3 Å². The van der Waals surface area contributed by atoms with Gasteiger partial charge in [-0.05, 0) is 43.4 Å². The van der Waals surface area contributed by atoms with E-state index in [4.69, 9.17) is 22.1 Å². The van der Waals surface area contributed by atoms with Crippen molar-refractivity contribution in [1.29, 1.82) is 0 Å². The summed E-state index contributed by atoms with van der Waals surface area (Å²) in [6.45, 7) is 2.73. The molecule has 1 aromatic carbocycles. The van der Waals surface area contributed by atoms with E-state index >= 15 is 0 Å². The first-order valence-corrected chi connectivity index (χ1v) is 6.22. The van der Waals surface area contributed by atoms with Gasteiger partial charge in [0.25, 0.3) is 0 Å². The first-order valence-electron chi connectivity index (χ1n) is 5.84. The van der Waals surface area contributed by atoms with Crippen molar-refractivity contribution in [3.8, 4) is 5.75 Å². The minimum absolute atomic E-state index is 0.0122. The Morgan fingerprint density at radius 1 is 1.50 bits per heavy atom. The molecule has 0 aromatic heterocycles. The van der Waals surface area contributed by atoms with Crippen LogP contribution in [-0.2, 0) is 0 Å². The fourth-order valence-electron chi connectivity index (χ4n) is 1.78. The molecule has 0 amide bonds. The lowest BCUT2D eigenvalue weighted by molar-refractivity contribution is 0.180. The smallest absolute Gasteiger partial charge is 0.137 e. The highest BCUT2D eigenvalue weighted by molar-refractivity contribution is 6.32. The highest BCUT2D eigenvalue weighted by atomic mass is 35.5. The van der Waals surface area contributed by atoms with Gasteiger partial charge in [0.2, 0.25) is 0 Å². The number of hydrogen-bond acceptors (Lipinski definition) is 2. The molecule has 1 atom stereocenters. The van der Waals surface area contributed by atoms with Gasteiger partial charge in [-0.25, -0.2) is 0 Å².